The van der Waals surface area contributed by atoms with Crippen LogP contribution >= 0.6 is 11.3 Å². The molecule has 1 fully saturated rings. The molecule has 0 saturated heterocycles. The van der Waals surface area contributed by atoms with Gasteiger partial charge in [-0.3, -0.25) is 14.8 Å². The van der Waals surface area contributed by atoms with Crippen molar-refractivity contribution in [3.63, 3.8) is 0 Å². The lowest BCUT2D eigenvalue weighted by atomic mass is 10.0. The summed E-state index contributed by atoms with van der Waals surface area (Å²) in [5.74, 6) is -1.81. The van der Waals surface area contributed by atoms with Crippen LogP contribution in [0.4, 0.5) is 13.6 Å². The number of fused-ring (bicyclic) bond motifs is 1. The SMILES string of the molecule is CC.CCCN(Cc1ccc(-c2cc3nccc(Oc4ccc(CC(=O)CC5CC5)c(F)c4F)c3s2)nc1)C(N)=O. The van der Waals surface area contributed by atoms with Crippen LogP contribution in [0.2, 0.25) is 0 Å². The number of ketones is 1. The zero-order valence-corrected chi connectivity index (χ0v) is 24.3. The highest BCUT2D eigenvalue weighted by molar-refractivity contribution is 7.22. The number of benzene rings is 1. The molecular weight excluding hydrogens is 546 g/mol. The van der Waals surface area contributed by atoms with Gasteiger partial charge >= 0.3 is 6.03 Å². The van der Waals surface area contributed by atoms with E-state index >= 15 is 0 Å². The van der Waals surface area contributed by atoms with Gasteiger partial charge in [0, 0.05) is 44.4 Å². The number of rotatable bonds is 11. The fourth-order valence-corrected chi connectivity index (χ4v) is 5.42. The number of primary amides is 1. The summed E-state index contributed by atoms with van der Waals surface area (Å²) in [4.78, 5) is 35.1. The Morgan fingerprint density at radius 3 is 2.51 bits per heavy atom. The van der Waals surface area contributed by atoms with Crippen LogP contribution in [0, 0.1) is 17.6 Å². The van der Waals surface area contributed by atoms with Crippen LogP contribution in [0.25, 0.3) is 20.8 Å². The predicted molar refractivity (Wildman–Crippen MR) is 157 cm³/mol. The van der Waals surface area contributed by atoms with Crippen LogP contribution in [0.5, 0.6) is 11.5 Å². The second kappa shape index (κ2) is 13.6. The van der Waals surface area contributed by atoms with Gasteiger partial charge in [0.15, 0.2) is 11.6 Å². The van der Waals surface area contributed by atoms with Crippen LogP contribution in [0.3, 0.4) is 0 Å². The van der Waals surface area contributed by atoms with Crippen molar-refractivity contribution < 1.29 is 23.1 Å². The number of hydrogen-bond donors (Lipinski definition) is 1. The Bertz CT molecular complexity index is 1520. The topological polar surface area (TPSA) is 98.4 Å². The lowest BCUT2D eigenvalue weighted by Crippen LogP contribution is -2.35. The molecule has 41 heavy (non-hydrogen) atoms. The van der Waals surface area contributed by atoms with Gasteiger partial charge in [-0.05, 0) is 54.5 Å². The standard InChI is InChI=1S/C29H28F2N4O3S.C2H6/c1-2-11-35(29(32)37)16-18-5-7-21(34-15-18)25-14-22-28(39-25)24(9-10-33-22)38-23-8-6-19(26(30)27(23)31)13-20(36)12-17-3-4-17;1-2/h5-10,14-15,17H,2-4,11-13,16H2,1H3,(H2,32,37);1-2H3. The Morgan fingerprint density at radius 2 is 1.85 bits per heavy atom. The van der Waals surface area contributed by atoms with Crippen LogP contribution in [-0.4, -0.2) is 33.2 Å². The first-order valence-corrected chi connectivity index (χ1v) is 14.7. The van der Waals surface area contributed by atoms with Crippen molar-refractivity contribution in [2.45, 2.75) is 59.4 Å². The zero-order valence-electron chi connectivity index (χ0n) is 23.5. The van der Waals surface area contributed by atoms with Gasteiger partial charge in [-0.15, -0.1) is 11.3 Å². The summed E-state index contributed by atoms with van der Waals surface area (Å²) in [6.45, 7) is 6.91. The number of Topliss-reactive ketones (excluding diaryl/α,β-unsaturated/α-hetero) is 1. The maximum absolute atomic E-state index is 14.9. The normalized spacial score (nSPS) is 12.5. The van der Waals surface area contributed by atoms with Gasteiger partial charge in [0.25, 0.3) is 0 Å². The molecule has 5 rings (SSSR count). The molecule has 0 bridgehead atoms. The molecule has 0 aliphatic heterocycles. The van der Waals surface area contributed by atoms with Crippen molar-refractivity contribution in [2.75, 3.05) is 6.54 Å². The number of amides is 2. The van der Waals surface area contributed by atoms with Crippen molar-refractivity contribution in [1.29, 1.82) is 0 Å². The summed E-state index contributed by atoms with van der Waals surface area (Å²) in [5.41, 5.74) is 7.67. The van der Waals surface area contributed by atoms with Crippen molar-refractivity contribution in [2.24, 2.45) is 11.7 Å². The third-order valence-electron chi connectivity index (χ3n) is 6.58. The molecule has 10 heteroatoms. The lowest BCUT2D eigenvalue weighted by molar-refractivity contribution is -0.118. The molecule has 2 N–H and O–H groups in total. The molecule has 7 nitrogen and oxygen atoms in total. The Hall–Kier alpha value is -3.92. The average Bonchev–Trinajstić information content (AvgIpc) is 3.67. The van der Waals surface area contributed by atoms with Crippen LogP contribution < -0.4 is 10.5 Å². The smallest absolute Gasteiger partial charge is 0.315 e. The van der Waals surface area contributed by atoms with Crippen molar-refractivity contribution in [3.05, 3.63) is 71.6 Å². The summed E-state index contributed by atoms with van der Waals surface area (Å²) >= 11 is 1.37. The fourth-order valence-electron chi connectivity index (χ4n) is 4.38. The van der Waals surface area contributed by atoms with Gasteiger partial charge < -0.3 is 15.4 Å². The molecule has 216 valence electrons. The molecular formula is C31H34F2N4O3S. The second-order valence-electron chi connectivity index (χ2n) is 9.76. The minimum atomic E-state index is -1.13. The molecule has 0 radical (unpaired) electrons. The highest BCUT2D eigenvalue weighted by Gasteiger charge is 2.25. The maximum atomic E-state index is 14.9. The molecule has 4 aromatic rings. The molecule has 3 aromatic heterocycles. The van der Waals surface area contributed by atoms with E-state index in [2.05, 4.69) is 9.97 Å². The van der Waals surface area contributed by atoms with Gasteiger partial charge in [0.05, 0.1) is 20.8 Å². The monoisotopic (exact) mass is 580 g/mol. The van der Waals surface area contributed by atoms with Gasteiger partial charge in [-0.1, -0.05) is 32.9 Å². The van der Waals surface area contributed by atoms with Gasteiger partial charge in [-0.2, -0.15) is 4.39 Å². The molecule has 1 aliphatic carbocycles. The van der Waals surface area contributed by atoms with Crippen molar-refractivity contribution >= 4 is 33.4 Å². The quantitative estimate of drug-likeness (QED) is 0.196. The van der Waals surface area contributed by atoms with Crippen LogP contribution in [0.1, 0.15) is 57.6 Å². The number of carbonyl (C=O) groups is 2. The number of hydrogen-bond acceptors (Lipinski definition) is 6. The van der Waals surface area contributed by atoms with Gasteiger partial charge in [0.1, 0.15) is 11.5 Å². The summed E-state index contributed by atoms with van der Waals surface area (Å²) in [6.07, 6.45) is 6.37. The first kappa shape index (κ1) is 30.0. The van der Waals surface area contributed by atoms with E-state index in [1.807, 2.05) is 39.0 Å². The highest BCUT2D eigenvalue weighted by atomic mass is 32.1. The predicted octanol–water partition coefficient (Wildman–Crippen LogP) is 7.66. The van der Waals surface area contributed by atoms with E-state index in [9.17, 15) is 18.4 Å². The van der Waals surface area contributed by atoms with E-state index in [4.69, 9.17) is 10.5 Å². The molecule has 0 unspecified atom stereocenters. The summed E-state index contributed by atoms with van der Waals surface area (Å²) in [7, 11) is 0. The van der Waals surface area contributed by atoms with E-state index in [-0.39, 0.29) is 23.5 Å². The fraction of sp³-hybridized carbons (Fsp3) is 0.355. The van der Waals surface area contributed by atoms with E-state index in [1.165, 1.54) is 29.7 Å². The number of ether oxygens (including phenoxy) is 1. The minimum Gasteiger partial charge on any atom is -0.453 e. The first-order valence-electron chi connectivity index (χ1n) is 13.9. The van der Waals surface area contributed by atoms with Gasteiger partial charge in [0.2, 0.25) is 5.82 Å². The lowest BCUT2D eigenvalue weighted by Gasteiger charge is -2.19. The number of urea groups is 1. The highest BCUT2D eigenvalue weighted by Crippen LogP contribution is 2.39. The van der Waals surface area contributed by atoms with Crippen LogP contribution in [0.15, 0.2) is 48.8 Å². The molecule has 1 saturated carbocycles. The van der Waals surface area contributed by atoms with E-state index < -0.39 is 17.7 Å². The molecule has 1 aromatic carbocycles. The summed E-state index contributed by atoms with van der Waals surface area (Å²) in [5, 5.41) is 0. The Balaban J connectivity index is 0.00000189. The molecule has 0 spiro atoms. The summed E-state index contributed by atoms with van der Waals surface area (Å²) < 4.78 is 36.1. The molecule has 1 aliphatic rings. The van der Waals surface area contributed by atoms with Crippen molar-refractivity contribution in [3.8, 4) is 22.1 Å². The number of pyridine rings is 2. The Kier molecular flexibility index (Phi) is 9.99. The largest absolute Gasteiger partial charge is 0.453 e. The maximum Gasteiger partial charge on any atom is 0.315 e. The van der Waals surface area contributed by atoms with Crippen LogP contribution in [-0.2, 0) is 17.8 Å². The van der Waals surface area contributed by atoms with E-state index in [0.29, 0.717) is 47.1 Å². The van der Waals surface area contributed by atoms with E-state index in [1.54, 1.807) is 17.2 Å². The third kappa shape index (κ3) is 7.43. The Morgan fingerprint density at radius 1 is 1.07 bits per heavy atom. The number of nitrogens with two attached hydrogens (primary N) is 1. The minimum absolute atomic E-state index is 0.0342. The molecule has 2 amide bonds. The number of nitrogens with zero attached hydrogens (tertiary/aromatic N) is 3. The number of aromatic nitrogens is 2. The third-order valence-corrected chi connectivity index (χ3v) is 7.74. The molecule has 0 atom stereocenters. The van der Waals surface area contributed by atoms with Crippen molar-refractivity contribution in [1.82, 2.24) is 14.9 Å². The summed E-state index contributed by atoms with van der Waals surface area (Å²) in [6, 6.07) is 9.47. The zero-order chi connectivity index (χ0) is 29.5. The van der Waals surface area contributed by atoms with Gasteiger partial charge in [-0.25, -0.2) is 9.18 Å². The van der Waals surface area contributed by atoms with E-state index in [0.717, 1.165) is 29.7 Å². The number of carbonyl (C=O) groups excluding carboxylic acids is 2. The average molecular weight is 581 g/mol. The number of halogens is 2. The first-order chi connectivity index (χ1) is 19.8. The second-order valence-corrected chi connectivity index (χ2v) is 10.8. The molecule has 3 heterocycles. The Labute approximate surface area is 242 Å². The number of thiophene rings is 1.